The van der Waals surface area contributed by atoms with E-state index >= 15 is 0 Å². The molecule has 1 unspecified atom stereocenters. The van der Waals surface area contributed by atoms with Gasteiger partial charge in [-0.1, -0.05) is 20.8 Å². The molecule has 4 nitrogen and oxygen atoms in total. The van der Waals surface area contributed by atoms with Crippen LogP contribution < -0.4 is 11.1 Å². The Hall–Kier alpha value is -0.870. The van der Waals surface area contributed by atoms with Gasteiger partial charge >= 0.3 is 0 Å². The molecule has 1 fully saturated rings. The van der Waals surface area contributed by atoms with Crippen molar-refractivity contribution in [2.75, 3.05) is 0 Å². The van der Waals surface area contributed by atoms with Crippen LogP contribution in [0.4, 0.5) is 0 Å². The van der Waals surface area contributed by atoms with Gasteiger partial charge in [0.15, 0.2) is 0 Å². The Balaban J connectivity index is 1.94. The van der Waals surface area contributed by atoms with Gasteiger partial charge in [-0.2, -0.15) is 0 Å². The predicted octanol–water partition coefficient (Wildman–Crippen LogP) is 1.38. The summed E-state index contributed by atoms with van der Waals surface area (Å²) in [6.45, 7) is 7.80. The van der Waals surface area contributed by atoms with E-state index in [9.17, 15) is 0 Å². The predicted molar refractivity (Wildman–Crippen MR) is 69.6 cm³/mol. The van der Waals surface area contributed by atoms with Gasteiger partial charge in [-0.15, -0.1) is 0 Å². The Bertz CT molecular complexity index is 333. The van der Waals surface area contributed by atoms with E-state index in [1.54, 1.807) is 0 Å². The normalized spacial score (nSPS) is 26.6. The van der Waals surface area contributed by atoms with Crippen molar-refractivity contribution in [3.8, 4) is 0 Å². The zero-order valence-corrected chi connectivity index (χ0v) is 11.1. The van der Waals surface area contributed by atoms with Gasteiger partial charge in [0.1, 0.15) is 0 Å². The number of nitrogens with zero attached hydrogens (tertiary/aromatic N) is 2. The second kappa shape index (κ2) is 4.78. The van der Waals surface area contributed by atoms with Crippen LogP contribution in [0.15, 0.2) is 18.7 Å². The molecule has 0 spiro atoms. The molecule has 2 rings (SSSR count). The molecule has 1 saturated carbocycles. The van der Waals surface area contributed by atoms with Crippen molar-refractivity contribution < 1.29 is 0 Å². The van der Waals surface area contributed by atoms with Crippen LogP contribution in [0, 0.1) is 5.41 Å². The lowest BCUT2D eigenvalue weighted by molar-refractivity contribution is 0.177. The second-order valence-corrected chi connectivity index (χ2v) is 6.27. The highest BCUT2D eigenvalue weighted by atomic mass is 15.1. The Morgan fingerprint density at radius 1 is 1.47 bits per heavy atom. The Morgan fingerprint density at radius 2 is 2.18 bits per heavy atom. The maximum atomic E-state index is 5.83. The number of hydrogen-bond donors (Lipinski definition) is 2. The molecular formula is C13H24N4. The Kier molecular flexibility index (Phi) is 3.54. The molecule has 0 radical (unpaired) electrons. The van der Waals surface area contributed by atoms with Crippen molar-refractivity contribution in [1.82, 2.24) is 14.9 Å². The van der Waals surface area contributed by atoms with E-state index in [0.717, 1.165) is 19.4 Å². The van der Waals surface area contributed by atoms with E-state index in [-0.39, 0.29) is 5.41 Å². The van der Waals surface area contributed by atoms with Crippen LogP contribution in [-0.4, -0.2) is 27.7 Å². The van der Waals surface area contributed by atoms with Crippen LogP contribution in [0.25, 0.3) is 0 Å². The third-order valence-electron chi connectivity index (χ3n) is 3.61. The van der Waals surface area contributed by atoms with Gasteiger partial charge < -0.3 is 15.6 Å². The van der Waals surface area contributed by atoms with E-state index in [1.165, 1.54) is 0 Å². The highest BCUT2D eigenvalue weighted by molar-refractivity contribution is 4.93. The van der Waals surface area contributed by atoms with Crippen molar-refractivity contribution in [1.29, 1.82) is 0 Å². The van der Waals surface area contributed by atoms with Crippen LogP contribution >= 0.6 is 0 Å². The lowest BCUT2D eigenvalue weighted by Crippen LogP contribution is -2.55. The number of nitrogens with two attached hydrogens (primary N) is 1. The summed E-state index contributed by atoms with van der Waals surface area (Å²) in [5.74, 6) is 0. The fourth-order valence-electron chi connectivity index (χ4n) is 2.26. The molecule has 96 valence electrons. The SMILES string of the molecule is CC(C)(C)C(Cn1ccnc1)NC1CC(N)C1. The summed E-state index contributed by atoms with van der Waals surface area (Å²) in [5, 5.41) is 3.73. The number of rotatable bonds is 4. The summed E-state index contributed by atoms with van der Waals surface area (Å²) in [7, 11) is 0. The van der Waals surface area contributed by atoms with E-state index in [0.29, 0.717) is 18.1 Å². The van der Waals surface area contributed by atoms with Gasteiger partial charge in [0.25, 0.3) is 0 Å². The van der Waals surface area contributed by atoms with Gasteiger partial charge in [-0.05, 0) is 18.3 Å². The molecule has 0 saturated heterocycles. The summed E-state index contributed by atoms with van der Waals surface area (Å²) in [4.78, 5) is 4.10. The molecule has 1 aromatic rings. The van der Waals surface area contributed by atoms with Crippen LogP contribution in [0.2, 0.25) is 0 Å². The Labute approximate surface area is 104 Å². The topological polar surface area (TPSA) is 55.9 Å². The molecule has 3 N–H and O–H groups in total. The monoisotopic (exact) mass is 236 g/mol. The van der Waals surface area contributed by atoms with Gasteiger partial charge in [-0.3, -0.25) is 0 Å². The minimum atomic E-state index is 0.240. The molecule has 1 atom stereocenters. The zero-order valence-electron chi connectivity index (χ0n) is 11.1. The first-order chi connectivity index (χ1) is 7.95. The zero-order chi connectivity index (χ0) is 12.5. The van der Waals surface area contributed by atoms with Crippen LogP contribution in [0.3, 0.4) is 0 Å². The first-order valence-electron chi connectivity index (χ1n) is 6.42. The average Bonchev–Trinajstić information content (AvgIpc) is 2.65. The highest BCUT2D eigenvalue weighted by Crippen LogP contribution is 2.25. The lowest BCUT2D eigenvalue weighted by Gasteiger charge is -2.41. The average molecular weight is 236 g/mol. The van der Waals surface area contributed by atoms with E-state index in [1.807, 2.05) is 18.7 Å². The quantitative estimate of drug-likeness (QED) is 0.830. The third-order valence-corrected chi connectivity index (χ3v) is 3.61. The number of hydrogen-bond acceptors (Lipinski definition) is 3. The summed E-state index contributed by atoms with van der Waals surface area (Å²) < 4.78 is 2.14. The van der Waals surface area contributed by atoms with Crippen molar-refractivity contribution in [2.45, 2.75) is 58.3 Å². The summed E-state index contributed by atoms with van der Waals surface area (Å²) in [6.07, 6.45) is 7.95. The van der Waals surface area contributed by atoms with E-state index in [4.69, 9.17) is 5.73 Å². The largest absolute Gasteiger partial charge is 0.336 e. The minimum absolute atomic E-state index is 0.240. The minimum Gasteiger partial charge on any atom is -0.336 e. The first kappa shape index (κ1) is 12.6. The standard InChI is InChI=1S/C13H24N4/c1-13(2,3)12(8-17-5-4-15-9-17)16-11-6-10(14)7-11/h4-5,9-12,16H,6-8,14H2,1-3H3. The summed E-state index contributed by atoms with van der Waals surface area (Å²) >= 11 is 0. The first-order valence-corrected chi connectivity index (χ1v) is 6.42. The van der Waals surface area contributed by atoms with Crippen LogP contribution in [0.5, 0.6) is 0 Å². The smallest absolute Gasteiger partial charge is 0.0946 e. The molecule has 0 aliphatic heterocycles. The molecule has 1 aromatic heterocycles. The Morgan fingerprint density at radius 3 is 2.65 bits per heavy atom. The van der Waals surface area contributed by atoms with Gasteiger partial charge in [0.2, 0.25) is 0 Å². The fraction of sp³-hybridized carbons (Fsp3) is 0.769. The van der Waals surface area contributed by atoms with Crippen LogP contribution in [-0.2, 0) is 6.54 Å². The van der Waals surface area contributed by atoms with Crippen LogP contribution in [0.1, 0.15) is 33.6 Å². The van der Waals surface area contributed by atoms with Crippen molar-refractivity contribution in [3.63, 3.8) is 0 Å². The molecule has 1 aliphatic carbocycles. The fourth-order valence-corrected chi connectivity index (χ4v) is 2.26. The maximum absolute atomic E-state index is 5.83. The molecule has 0 bridgehead atoms. The highest BCUT2D eigenvalue weighted by Gasteiger charge is 2.32. The van der Waals surface area contributed by atoms with Gasteiger partial charge in [0.05, 0.1) is 6.33 Å². The number of nitrogens with one attached hydrogen (secondary N) is 1. The molecular weight excluding hydrogens is 212 g/mol. The van der Waals surface area contributed by atoms with Crippen molar-refractivity contribution in [2.24, 2.45) is 11.1 Å². The van der Waals surface area contributed by atoms with Gasteiger partial charge in [-0.25, -0.2) is 4.98 Å². The lowest BCUT2D eigenvalue weighted by atomic mass is 9.82. The third kappa shape index (κ3) is 3.30. The number of imidazole rings is 1. The van der Waals surface area contributed by atoms with E-state index in [2.05, 4.69) is 35.6 Å². The molecule has 1 heterocycles. The summed E-state index contributed by atoms with van der Waals surface area (Å²) in [6, 6.07) is 1.45. The van der Waals surface area contributed by atoms with Crippen molar-refractivity contribution >= 4 is 0 Å². The second-order valence-electron chi connectivity index (χ2n) is 6.27. The maximum Gasteiger partial charge on any atom is 0.0946 e. The molecule has 0 aromatic carbocycles. The molecule has 4 heteroatoms. The molecule has 1 aliphatic rings. The van der Waals surface area contributed by atoms with E-state index < -0.39 is 0 Å². The molecule has 0 amide bonds. The summed E-state index contributed by atoms with van der Waals surface area (Å²) in [5.41, 5.74) is 6.07. The number of aromatic nitrogens is 2. The molecule has 17 heavy (non-hydrogen) atoms. The van der Waals surface area contributed by atoms with Gasteiger partial charge in [0, 0.05) is 37.1 Å². The van der Waals surface area contributed by atoms with Crippen molar-refractivity contribution in [3.05, 3.63) is 18.7 Å².